The number of hydrogen-bond acceptors (Lipinski definition) is 6. The van der Waals surface area contributed by atoms with E-state index in [0.717, 1.165) is 16.0 Å². The van der Waals surface area contributed by atoms with Crippen LogP contribution in [0.2, 0.25) is 0 Å². The molecule has 1 aliphatic rings. The molecule has 176 valence electrons. The lowest BCUT2D eigenvalue weighted by Gasteiger charge is -2.22. The average Bonchev–Trinajstić information content (AvgIpc) is 3.35. The number of hydrogen-bond donors (Lipinski definition) is 2. The maximum Gasteiger partial charge on any atom is 0.325 e. The van der Waals surface area contributed by atoms with Crippen LogP contribution in [0, 0.1) is 6.92 Å². The number of nitrogens with one attached hydrogen (secondary N) is 2. The lowest BCUT2D eigenvalue weighted by molar-refractivity contribution is -0.133. The van der Waals surface area contributed by atoms with Gasteiger partial charge in [-0.3, -0.25) is 14.5 Å². The monoisotopic (exact) mass is 461 g/mol. The molecule has 1 saturated heterocycles. The lowest BCUT2D eigenvalue weighted by atomic mass is 9.91. The first kappa shape index (κ1) is 23.2. The van der Waals surface area contributed by atoms with E-state index in [1.165, 1.54) is 0 Å². The fourth-order valence-electron chi connectivity index (χ4n) is 3.62. The maximum absolute atomic E-state index is 13.0. The van der Waals surface area contributed by atoms with Crippen LogP contribution in [-0.2, 0) is 20.5 Å². The van der Waals surface area contributed by atoms with Gasteiger partial charge in [-0.1, -0.05) is 55.8 Å². The summed E-state index contributed by atoms with van der Waals surface area (Å²) in [4.78, 5) is 43.5. The van der Waals surface area contributed by atoms with E-state index in [9.17, 15) is 14.4 Å². The Labute approximate surface area is 197 Å². The molecule has 9 heteroatoms. The van der Waals surface area contributed by atoms with Crippen molar-refractivity contribution in [1.29, 1.82) is 0 Å². The van der Waals surface area contributed by atoms with Gasteiger partial charge >= 0.3 is 6.03 Å². The molecule has 1 aliphatic heterocycles. The summed E-state index contributed by atoms with van der Waals surface area (Å²) in [5.41, 5.74) is 1.48. The smallest absolute Gasteiger partial charge is 0.325 e. The highest BCUT2D eigenvalue weighted by Crippen LogP contribution is 2.29. The minimum Gasteiger partial charge on any atom is -0.338 e. The second-order valence-electron chi connectivity index (χ2n) is 9.61. The summed E-state index contributed by atoms with van der Waals surface area (Å²) >= 11 is 0. The van der Waals surface area contributed by atoms with E-state index in [1.807, 2.05) is 39.8 Å². The fourth-order valence-corrected chi connectivity index (χ4v) is 3.62. The normalized spacial score (nSPS) is 18.2. The molecule has 1 aromatic heterocycles. The van der Waals surface area contributed by atoms with Crippen LogP contribution in [0.1, 0.15) is 44.7 Å². The predicted octanol–water partition coefficient (Wildman–Crippen LogP) is 3.75. The van der Waals surface area contributed by atoms with E-state index in [-0.39, 0.29) is 5.41 Å². The minimum absolute atomic E-state index is 0.256. The van der Waals surface area contributed by atoms with Crippen molar-refractivity contribution in [3.05, 3.63) is 65.5 Å². The first-order valence-electron chi connectivity index (χ1n) is 10.9. The van der Waals surface area contributed by atoms with Gasteiger partial charge in [-0.2, -0.15) is 4.98 Å². The molecule has 3 aromatic rings. The van der Waals surface area contributed by atoms with Gasteiger partial charge in [-0.15, -0.1) is 0 Å². The van der Waals surface area contributed by atoms with Crippen molar-refractivity contribution in [3.63, 3.8) is 0 Å². The van der Waals surface area contributed by atoms with Crippen molar-refractivity contribution >= 4 is 23.5 Å². The standard InChI is InChI=1S/C25H27N5O4/c1-15-6-10-17(11-7-15)25(5)22(32)30(23(33)28-25)14-19(31)26-18-12-8-16(9-13-18)20-27-21(34-29-20)24(2,3)4/h6-13H,14H2,1-5H3,(H,26,31)(H,28,33). The summed E-state index contributed by atoms with van der Waals surface area (Å²) in [6.07, 6.45) is 0. The van der Waals surface area contributed by atoms with Crippen molar-refractivity contribution in [2.75, 3.05) is 11.9 Å². The largest absolute Gasteiger partial charge is 0.338 e. The lowest BCUT2D eigenvalue weighted by Crippen LogP contribution is -2.42. The Kier molecular flexibility index (Phi) is 5.72. The van der Waals surface area contributed by atoms with E-state index in [4.69, 9.17) is 4.52 Å². The van der Waals surface area contributed by atoms with Gasteiger partial charge in [0.1, 0.15) is 12.1 Å². The van der Waals surface area contributed by atoms with Crippen LogP contribution in [0.3, 0.4) is 0 Å². The third-order valence-electron chi connectivity index (χ3n) is 5.70. The summed E-state index contributed by atoms with van der Waals surface area (Å²) < 4.78 is 5.32. The number of aromatic nitrogens is 2. The number of aryl methyl sites for hydroxylation is 1. The minimum atomic E-state index is -1.22. The van der Waals surface area contributed by atoms with Gasteiger partial charge in [0.15, 0.2) is 0 Å². The van der Waals surface area contributed by atoms with Gasteiger partial charge in [-0.25, -0.2) is 4.79 Å². The predicted molar refractivity (Wildman–Crippen MR) is 126 cm³/mol. The highest BCUT2D eigenvalue weighted by Gasteiger charge is 2.49. The van der Waals surface area contributed by atoms with Gasteiger partial charge in [0.05, 0.1) is 0 Å². The van der Waals surface area contributed by atoms with E-state index in [2.05, 4.69) is 20.8 Å². The molecular weight excluding hydrogens is 434 g/mol. The number of imide groups is 1. The van der Waals surface area contributed by atoms with Crippen LogP contribution < -0.4 is 10.6 Å². The van der Waals surface area contributed by atoms with Crippen LogP contribution >= 0.6 is 0 Å². The molecule has 9 nitrogen and oxygen atoms in total. The van der Waals surface area contributed by atoms with E-state index >= 15 is 0 Å². The zero-order chi connectivity index (χ0) is 24.7. The maximum atomic E-state index is 13.0. The first-order valence-corrected chi connectivity index (χ1v) is 10.9. The average molecular weight is 462 g/mol. The van der Waals surface area contributed by atoms with Gasteiger partial charge in [0.25, 0.3) is 5.91 Å². The number of carbonyl (C=O) groups is 3. The summed E-state index contributed by atoms with van der Waals surface area (Å²) in [6, 6.07) is 13.6. The van der Waals surface area contributed by atoms with Gasteiger partial charge in [-0.05, 0) is 43.7 Å². The number of nitrogens with zero attached hydrogens (tertiary/aromatic N) is 3. The quantitative estimate of drug-likeness (QED) is 0.559. The fraction of sp³-hybridized carbons (Fsp3) is 0.320. The molecule has 0 saturated carbocycles. The molecule has 0 bridgehead atoms. The Bertz CT molecular complexity index is 1240. The highest BCUT2D eigenvalue weighted by atomic mass is 16.5. The molecule has 4 rings (SSSR count). The highest BCUT2D eigenvalue weighted by molar-refractivity contribution is 6.10. The van der Waals surface area contributed by atoms with Gasteiger partial charge in [0.2, 0.25) is 17.6 Å². The number of anilines is 1. The SMILES string of the molecule is Cc1ccc(C2(C)NC(=O)N(CC(=O)Nc3ccc(-c4noc(C(C)(C)C)n4)cc3)C2=O)cc1. The third kappa shape index (κ3) is 4.41. The summed E-state index contributed by atoms with van der Waals surface area (Å²) in [5.74, 6) is 0.0289. The number of benzene rings is 2. The number of carbonyl (C=O) groups excluding carboxylic acids is 3. The van der Waals surface area contributed by atoms with Crippen molar-refractivity contribution < 1.29 is 18.9 Å². The van der Waals surface area contributed by atoms with E-state index < -0.39 is 29.9 Å². The number of amides is 4. The molecule has 1 unspecified atom stereocenters. The molecule has 2 aromatic carbocycles. The molecule has 0 radical (unpaired) electrons. The summed E-state index contributed by atoms with van der Waals surface area (Å²) in [7, 11) is 0. The number of rotatable bonds is 5. The first-order chi connectivity index (χ1) is 16.0. The summed E-state index contributed by atoms with van der Waals surface area (Å²) in [6.45, 7) is 9.13. The molecular formula is C25H27N5O4. The van der Waals surface area contributed by atoms with Crippen LogP contribution in [0.25, 0.3) is 11.4 Å². The van der Waals surface area contributed by atoms with Crippen LogP contribution in [0.5, 0.6) is 0 Å². The Morgan fingerprint density at radius 1 is 1.09 bits per heavy atom. The molecule has 2 heterocycles. The molecule has 1 atom stereocenters. The Hall–Kier alpha value is -4.01. The van der Waals surface area contributed by atoms with E-state index in [0.29, 0.717) is 23.0 Å². The van der Waals surface area contributed by atoms with Crippen LogP contribution in [-0.4, -0.2) is 39.4 Å². The van der Waals surface area contributed by atoms with Crippen molar-refractivity contribution in [2.24, 2.45) is 0 Å². The zero-order valence-electron chi connectivity index (χ0n) is 19.8. The van der Waals surface area contributed by atoms with Crippen LogP contribution in [0.4, 0.5) is 10.5 Å². The van der Waals surface area contributed by atoms with E-state index in [1.54, 1.807) is 43.3 Å². The second-order valence-corrected chi connectivity index (χ2v) is 9.61. The third-order valence-corrected chi connectivity index (χ3v) is 5.70. The van der Waals surface area contributed by atoms with Crippen molar-refractivity contribution in [1.82, 2.24) is 20.4 Å². The molecule has 34 heavy (non-hydrogen) atoms. The molecule has 1 fully saturated rings. The Morgan fingerprint density at radius 2 is 1.74 bits per heavy atom. The molecule has 0 aliphatic carbocycles. The number of urea groups is 1. The Balaban J connectivity index is 1.41. The van der Waals surface area contributed by atoms with Gasteiger partial charge in [0, 0.05) is 16.7 Å². The topological polar surface area (TPSA) is 117 Å². The molecule has 4 amide bonds. The van der Waals surface area contributed by atoms with Gasteiger partial charge < -0.3 is 15.2 Å². The second kappa shape index (κ2) is 8.40. The van der Waals surface area contributed by atoms with Crippen LogP contribution in [0.15, 0.2) is 53.1 Å². The molecule has 2 N–H and O–H groups in total. The Morgan fingerprint density at radius 3 is 2.32 bits per heavy atom. The van der Waals surface area contributed by atoms with Crippen molar-refractivity contribution in [3.8, 4) is 11.4 Å². The summed E-state index contributed by atoms with van der Waals surface area (Å²) in [5, 5.41) is 9.43. The zero-order valence-corrected chi connectivity index (χ0v) is 19.8. The van der Waals surface area contributed by atoms with Crippen molar-refractivity contribution in [2.45, 2.75) is 45.6 Å². The molecule has 0 spiro atoms.